The maximum absolute atomic E-state index is 9.12. The van der Waals surface area contributed by atoms with Crippen molar-refractivity contribution in [3.05, 3.63) is 149 Å². The van der Waals surface area contributed by atoms with Crippen LogP contribution < -0.4 is 16.1 Å². The van der Waals surface area contributed by atoms with Crippen molar-refractivity contribution < 1.29 is 4.42 Å². The smallest absolute Gasteiger partial charge is 0.160 e. The summed E-state index contributed by atoms with van der Waals surface area (Å²) in [5.41, 5.74) is 11.9. The van der Waals surface area contributed by atoms with Crippen molar-refractivity contribution in [1.82, 2.24) is 15.0 Å². The van der Waals surface area contributed by atoms with Crippen molar-refractivity contribution in [2.24, 2.45) is 5.92 Å². The fourth-order valence-electron chi connectivity index (χ4n) is 6.60. The minimum atomic E-state index is 0.429. The van der Waals surface area contributed by atoms with Gasteiger partial charge in [0, 0.05) is 39.2 Å². The van der Waals surface area contributed by atoms with Gasteiger partial charge in [-0.25, -0.2) is 5.43 Å². The molecule has 1 aliphatic carbocycles. The van der Waals surface area contributed by atoms with Crippen LogP contribution in [-0.2, 0) is 13.1 Å². The van der Waals surface area contributed by atoms with E-state index in [1.165, 1.54) is 16.0 Å². The van der Waals surface area contributed by atoms with Gasteiger partial charge in [-0.2, -0.15) is 0 Å². The van der Waals surface area contributed by atoms with Gasteiger partial charge < -0.3 is 8.98 Å². The van der Waals surface area contributed by atoms with Crippen molar-refractivity contribution in [3.8, 4) is 5.69 Å². The SMILES string of the molecule is CC1C=c2c(oc3c2ccc2c4ccccc4n(-c4cccc(CN(NCc5ccccc5)C(=N)c5ccccc5)c4)c23)=CC1. The van der Waals surface area contributed by atoms with Crippen LogP contribution in [0.5, 0.6) is 0 Å². The highest BCUT2D eigenvalue weighted by Gasteiger charge is 2.20. The number of furan rings is 1. The molecule has 0 bridgehead atoms. The average molecular weight is 587 g/mol. The van der Waals surface area contributed by atoms with Gasteiger partial charge in [-0.1, -0.05) is 110 Å². The monoisotopic (exact) mass is 586 g/mol. The van der Waals surface area contributed by atoms with Crippen LogP contribution in [0.3, 0.4) is 0 Å². The van der Waals surface area contributed by atoms with Crippen LogP contribution in [0, 0.1) is 11.3 Å². The first-order valence-corrected chi connectivity index (χ1v) is 15.6. The van der Waals surface area contributed by atoms with E-state index in [1.807, 2.05) is 53.5 Å². The lowest BCUT2D eigenvalue weighted by Gasteiger charge is -2.26. The minimum Gasteiger partial charge on any atom is -0.454 e. The standard InChI is InChI=1S/C40H34N4O/c1-27-19-22-37-35(23-27)34-21-20-33-32-17-8-9-18-36(32)44(38(33)39(34)45-37)31-16-10-13-29(24-31)26-43(40(41)30-14-6-3-7-15-30)42-25-28-11-4-2-5-12-28/h2-18,20-24,27,41-42H,19,25-26H2,1H3. The summed E-state index contributed by atoms with van der Waals surface area (Å²) in [6.45, 7) is 3.41. The summed E-state index contributed by atoms with van der Waals surface area (Å²) in [7, 11) is 0. The average Bonchev–Trinajstić information content (AvgIpc) is 3.63. The Labute approximate surface area is 261 Å². The zero-order valence-corrected chi connectivity index (χ0v) is 25.2. The molecule has 5 aromatic carbocycles. The van der Waals surface area contributed by atoms with Gasteiger partial charge in [0.2, 0.25) is 0 Å². The van der Waals surface area contributed by atoms with Crippen LogP contribution >= 0.6 is 0 Å². The van der Waals surface area contributed by atoms with E-state index >= 15 is 0 Å². The largest absolute Gasteiger partial charge is 0.454 e. The molecule has 2 N–H and O–H groups in total. The summed E-state index contributed by atoms with van der Waals surface area (Å²) >= 11 is 0. The Hall–Kier alpha value is -5.39. The second kappa shape index (κ2) is 11.3. The first kappa shape index (κ1) is 27.2. The number of aromatic nitrogens is 1. The first-order chi connectivity index (χ1) is 22.1. The Kier molecular flexibility index (Phi) is 6.81. The molecule has 2 aromatic heterocycles. The lowest BCUT2D eigenvalue weighted by atomic mass is 10.0. The molecule has 2 heterocycles. The number of nitrogens with zero attached hydrogens (tertiary/aromatic N) is 2. The molecule has 0 radical (unpaired) electrons. The number of fused-ring (bicyclic) bond motifs is 7. The molecule has 7 aromatic rings. The quantitative estimate of drug-likeness (QED) is 0.115. The van der Waals surface area contributed by atoms with E-state index in [-0.39, 0.29) is 0 Å². The molecule has 0 amide bonds. The van der Waals surface area contributed by atoms with Crippen molar-refractivity contribution in [1.29, 1.82) is 5.41 Å². The summed E-state index contributed by atoms with van der Waals surface area (Å²) in [4.78, 5) is 0. The van der Waals surface area contributed by atoms with Crippen molar-refractivity contribution >= 4 is 50.8 Å². The number of rotatable bonds is 7. The number of benzene rings is 5. The fraction of sp³-hybridized carbons (Fsp3) is 0.125. The van der Waals surface area contributed by atoms with Crippen LogP contribution in [0.15, 0.2) is 126 Å². The molecular weight excluding hydrogens is 552 g/mol. The predicted octanol–water partition coefficient (Wildman–Crippen LogP) is 7.66. The van der Waals surface area contributed by atoms with E-state index < -0.39 is 0 Å². The van der Waals surface area contributed by atoms with Gasteiger partial charge in [0.05, 0.1) is 17.6 Å². The number of nitrogens with one attached hydrogen (secondary N) is 2. The van der Waals surface area contributed by atoms with Crippen molar-refractivity contribution in [2.75, 3.05) is 0 Å². The van der Waals surface area contributed by atoms with Crippen LogP contribution in [0.2, 0.25) is 0 Å². The summed E-state index contributed by atoms with van der Waals surface area (Å²) in [5.74, 6) is 0.919. The lowest BCUT2D eigenvalue weighted by molar-refractivity contribution is 0.294. The molecular formula is C40H34N4O. The van der Waals surface area contributed by atoms with E-state index in [4.69, 9.17) is 9.83 Å². The van der Waals surface area contributed by atoms with Crippen molar-refractivity contribution in [2.45, 2.75) is 26.4 Å². The molecule has 5 nitrogen and oxygen atoms in total. The van der Waals surface area contributed by atoms with Crippen LogP contribution in [0.25, 0.3) is 50.6 Å². The number of hydrogen-bond donors (Lipinski definition) is 2. The third-order valence-corrected chi connectivity index (χ3v) is 8.83. The molecule has 45 heavy (non-hydrogen) atoms. The Morgan fingerprint density at radius 2 is 1.56 bits per heavy atom. The van der Waals surface area contributed by atoms with Gasteiger partial charge in [0.15, 0.2) is 5.58 Å². The highest BCUT2D eigenvalue weighted by Crippen LogP contribution is 2.36. The molecule has 5 heteroatoms. The minimum absolute atomic E-state index is 0.429. The summed E-state index contributed by atoms with van der Waals surface area (Å²) in [5, 5.41) is 15.8. The van der Waals surface area contributed by atoms with Crippen LogP contribution in [-0.4, -0.2) is 15.4 Å². The van der Waals surface area contributed by atoms with Gasteiger partial charge in [0.1, 0.15) is 11.3 Å². The Morgan fingerprint density at radius 1 is 0.822 bits per heavy atom. The second-order valence-electron chi connectivity index (χ2n) is 11.9. The first-order valence-electron chi connectivity index (χ1n) is 15.6. The Morgan fingerprint density at radius 3 is 2.40 bits per heavy atom. The summed E-state index contributed by atoms with van der Waals surface area (Å²) in [6.07, 6.45) is 5.57. The molecule has 1 atom stereocenters. The summed E-state index contributed by atoms with van der Waals surface area (Å²) < 4.78 is 8.99. The van der Waals surface area contributed by atoms with Gasteiger partial charge in [-0.05, 0) is 53.8 Å². The van der Waals surface area contributed by atoms with Crippen molar-refractivity contribution in [3.63, 3.8) is 0 Å². The highest BCUT2D eigenvalue weighted by atomic mass is 16.3. The van der Waals surface area contributed by atoms with E-state index in [1.54, 1.807) is 0 Å². The van der Waals surface area contributed by atoms with Gasteiger partial charge >= 0.3 is 0 Å². The third kappa shape index (κ3) is 4.91. The molecule has 0 spiro atoms. The third-order valence-electron chi connectivity index (χ3n) is 8.83. The van der Waals surface area contributed by atoms with Gasteiger partial charge in [-0.15, -0.1) is 0 Å². The molecule has 0 fully saturated rings. The summed E-state index contributed by atoms with van der Waals surface area (Å²) in [6, 6.07) is 41.9. The number of amidine groups is 1. The maximum Gasteiger partial charge on any atom is 0.160 e. The zero-order chi connectivity index (χ0) is 30.3. The lowest BCUT2D eigenvalue weighted by Crippen LogP contribution is -2.42. The number of hydrazine groups is 1. The molecule has 0 aliphatic heterocycles. The van der Waals surface area contributed by atoms with Gasteiger partial charge in [-0.3, -0.25) is 10.4 Å². The normalized spacial score (nSPS) is 14.3. The Bertz CT molecular complexity index is 2320. The highest BCUT2D eigenvalue weighted by molar-refractivity contribution is 6.17. The molecule has 0 saturated carbocycles. The predicted molar refractivity (Wildman–Crippen MR) is 185 cm³/mol. The second-order valence-corrected chi connectivity index (χ2v) is 11.9. The Balaban J connectivity index is 1.24. The zero-order valence-electron chi connectivity index (χ0n) is 25.2. The van der Waals surface area contributed by atoms with E-state index in [0.29, 0.717) is 24.8 Å². The fourth-order valence-corrected chi connectivity index (χ4v) is 6.60. The molecule has 8 rings (SSSR count). The topological polar surface area (TPSA) is 57.2 Å². The molecule has 1 unspecified atom stereocenters. The molecule has 220 valence electrons. The van der Waals surface area contributed by atoms with E-state index in [0.717, 1.165) is 56.2 Å². The van der Waals surface area contributed by atoms with E-state index in [2.05, 4.69) is 102 Å². The van der Waals surface area contributed by atoms with Crippen LogP contribution in [0.1, 0.15) is 30.0 Å². The van der Waals surface area contributed by atoms with Gasteiger partial charge in [0.25, 0.3) is 0 Å². The number of para-hydroxylation sites is 1. The molecule has 0 saturated heterocycles. The van der Waals surface area contributed by atoms with Crippen LogP contribution in [0.4, 0.5) is 0 Å². The molecule has 1 aliphatic rings. The number of hydrogen-bond acceptors (Lipinski definition) is 3. The maximum atomic E-state index is 9.12. The van der Waals surface area contributed by atoms with E-state index in [9.17, 15) is 0 Å².